The van der Waals surface area contributed by atoms with Gasteiger partial charge in [0.1, 0.15) is 43.0 Å². The summed E-state index contributed by atoms with van der Waals surface area (Å²) in [6, 6.07) is 9.00. The van der Waals surface area contributed by atoms with Crippen LogP contribution in [0.2, 0.25) is 0 Å². The lowest BCUT2D eigenvalue weighted by Gasteiger charge is -2.50. The number of esters is 2. The first-order valence-corrected chi connectivity index (χ1v) is 18.6. The summed E-state index contributed by atoms with van der Waals surface area (Å²) >= 11 is 0. The van der Waals surface area contributed by atoms with Crippen LogP contribution in [0.15, 0.2) is 82.6 Å². The molecule has 1 aromatic rings. The Bertz CT molecular complexity index is 1630. The summed E-state index contributed by atoms with van der Waals surface area (Å²) in [4.78, 5) is 32.9. The van der Waals surface area contributed by atoms with Crippen molar-refractivity contribution in [2.24, 2.45) is 22.9 Å². The molecule has 4 heterocycles. The summed E-state index contributed by atoms with van der Waals surface area (Å²) in [5.41, 5.74) is 0.535. The van der Waals surface area contributed by atoms with Gasteiger partial charge < -0.3 is 38.7 Å². The number of ether oxygens (including phenoxy) is 5. The minimum atomic E-state index is -1.84. The first kappa shape index (κ1) is 38.1. The van der Waals surface area contributed by atoms with E-state index in [4.69, 9.17) is 28.5 Å². The van der Waals surface area contributed by atoms with Crippen molar-refractivity contribution in [2.75, 3.05) is 13.7 Å². The molecule has 52 heavy (non-hydrogen) atoms. The average Bonchev–Trinajstić information content (AvgIpc) is 3.47. The lowest BCUT2D eigenvalue weighted by molar-refractivity contribution is -0.335. The van der Waals surface area contributed by atoms with Gasteiger partial charge in [-0.1, -0.05) is 86.6 Å². The zero-order valence-corrected chi connectivity index (χ0v) is 31.0. The molecule has 3 saturated heterocycles. The molecule has 5 aliphatic rings. The van der Waals surface area contributed by atoms with Crippen LogP contribution in [-0.2, 0) is 38.1 Å². The number of nitrogens with zero attached hydrogens (tertiary/aromatic N) is 1. The topological polar surface area (TPSA) is 142 Å². The maximum Gasteiger partial charge on any atom is 0.361 e. The van der Waals surface area contributed by atoms with Crippen molar-refractivity contribution in [3.8, 4) is 0 Å². The van der Waals surface area contributed by atoms with Crippen molar-refractivity contribution in [1.82, 2.24) is 0 Å². The van der Waals surface area contributed by atoms with E-state index in [0.717, 1.165) is 18.4 Å². The number of aliphatic hydroxyl groups excluding tert-OH is 1. The van der Waals surface area contributed by atoms with E-state index >= 15 is 0 Å². The highest BCUT2D eigenvalue weighted by atomic mass is 16.7. The lowest BCUT2D eigenvalue weighted by atomic mass is 9.71. The number of fused-ring (bicyclic) bond motifs is 2. The second-order valence-corrected chi connectivity index (χ2v) is 15.1. The van der Waals surface area contributed by atoms with Crippen LogP contribution < -0.4 is 0 Å². The lowest BCUT2D eigenvalue weighted by Crippen LogP contribution is -2.58. The molecule has 0 amide bonds. The van der Waals surface area contributed by atoms with Gasteiger partial charge in [-0.15, -0.1) is 0 Å². The van der Waals surface area contributed by atoms with Gasteiger partial charge in [0.25, 0.3) is 0 Å². The monoisotopic (exact) mass is 719 g/mol. The van der Waals surface area contributed by atoms with Crippen LogP contribution in [0, 0.1) is 17.8 Å². The van der Waals surface area contributed by atoms with E-state index in [9.17, 15) is 19.8 Å². The number of allylic oxidation sites excluding steroid dienone is 2. The summed E-state index contributed by atoms with van der Waals surface area (Å²) in [7, 11) is 1.38. The molecular formula is C41H53NO10. The molecule has 1 spiro atoms. The minimum Gasteiger partial charge on any atom is -0.462 e. The van der Waals surface area contributed by atoms with Gasteiger partial charge in [0.2, 0.25) is 0 Å². The molecule has 282 valence electrons. The SMILES string of the molecule is CC[C@H]1O[C@]2(CC[C@@H]1C)C[C@@H]1C[C@@H](CC=C(C)[C@H](OC(=O)/C(=N/OC)c3ccccc3)[C@@H](C)C=CC=C3CO[C@@H]4[C@H](O)C(C)=C[C@@H](C(=O)O1)[C@]34O)O2. The van der Waals surface area contributed by atoms with Gasteiger partial charge in [-0.25, -0.2) is 4.79 Å². The Balaban J connectivity index is 1.39. The van der Waals surface area contributed by atoms with Crippen LogP contribution in [0.5, 0.6) is 0 Å². The number of hydrogen-bond donors (Lipinski definition) is 2. The van der Waals surface area contributed by atoms with Crippen LogP contribution >= 0.6 is 0 Å². The largest absolute Gasteiger partial charge is 0.462 e. The summed E-state index contributed by atoms with van der Waals surface area (Å²) in [6.07, 6.45) is 8.81. The van der Waals surface area contributed by atoms with E-state index in [1.165, 1.54) is 7.11 Å². The molecule has 0 unspecified atom stereocenters. The Labute approximate surface area is 306 Å². The van der Waals surface area contributed by atoms with Crippen molar-refractivity contribution in [1.29, 1.82) is 0 Å². The Morgan fingerprint density at radius 1 is 1.10 bits per heavy atom. The van der Waals surface area contributed by atoms with Crippen molar-refractivity contribution >= 4 is 17.7 Å². The fourth-order valence-electron chi connectivity index (χ4n) is 8.43. The van der Waals surface area contributed by atoms with E-state index in [-0.39, 0.29) is 30.4 Å². The van der Waals surface area contributed by atoms with Crippen LogP contribution in [0.1, 0.15) is 78.7 Å². The number of oxime groups is 1. The molecule has 6 rings (SSSR count). The third-order valence-corrected chi connectivity index (χ3v) is 11.4. The molecule has 1 aliphatic carbocycles. The molecule has 3 fully saturated rings. The van der Waals surface area contributed by atoms with Crippen LogP contribution in [0.4, 0.5) is 0 Å². The maximum atomic E-state index is 14.1. The van der Waals surface area contributed by atoms with E-state index in [0.29, 0.717) is 48.3 Å². The maximum absolute atomic E-state index is 14.1. The third kappa shape index (κ3) is 7.57. The fraction of sp³-hybridized carbons (Fsp3) is 0.585. The fourth-order valence-corrected chi connectivity index (χ4v) is 8.43. The number of rotatable bonds is 5. The molecule has 0 aromatic heterocycles. The molecule has 2 bridgehead atoms. The van der Waals surface area contributed by atoms with Gasteiger partial charge in [0.05, 0.1) is 18.8 Å². The van der Waals surface area contributed by atoms with Gasteiger partial charge in [0.15, 0.2) is 11.5 Å². The van der Waals surface area contributed by atoms with Crippen molar-refractivity contribution in [3.63, 3.8) is 0 Å². The minimum absolute atomic E-state index is 0.00166. The molecule has 2 N–H and O–H groups in total. The Kier molecular flexibility index (Phi) is 11.6. The third-order valence-electron chi connectivity index (χ3n) is 11.4. The molecule has 1 aromatic carbocycles. The number of carbonyl (C=O) groups excluding carboxylic acids is 2. The number of benzene rings is 1. The van der Waals surface area contributed by atoms with Crippen LogP contribution in [0.25, 0.3) is 0 Å². The van der Waals surface area contributed by atoms with Crippen LogP contribution in [0.3, 0.4) is 0 Å². The zero-order valence-electron chi connectivity index (χ0n) is 31.0. The second-order valence-electron chi connectivity index (χ2n) is 15.1. The highest BCUT2D eigenvalue weighted by Gasteiger charge is 2.60. The normalized spacial score (nSPS) is 38.4. The van der Waals surface area contributed by atoms with Crippen LogP contribution in [-0.4, -0.2) is 89.6 Å². The Morgan fingerprint density at radius 2 is 1.87 bits per heavy atom. The average molecular weight is 720 g/mol. The molecular weight excluding hydrogens is 666 g/mol. The summed E-state index contributed by atoms with van der Waals surface area (Å²) in [6.45, 7) is 9.88. The van der Waals surface area contributed by atoms with Crippen molar-refractivity contribution < 1.29 is 48.3 Å². The second kappa shape index (κ2) is 15.8. The van der Waals surface area contributed by atoms with Gasteiger partial charge >= 0.3 is 11.9 Å². The molecule has 11 nitrogen and oxygen atoms in total. The Hall–Kier alpha value is -3.61. The highest BCUT2D eigenvalue weighted by Crippen LogP contribution is 2.47. The number of hydrogen-bond acceptors (Lipinski definition) is 11. The van der Waals surface area contributed by atoms with E-state index < -0.39 is 53.7 Å². The summed E-state index contributed by atoms with van der Waals surface area (Å²) < 4.78 is 32.0. The molecule has 0 saturated carbocycles. The predicted octanol–water partition coefficient (Wildman–Crippen LogP) is 5.50. The van der Waals surface area contributed by atoms with E-state index in [2.05, 4.69) is 19.0 Å². The molecule has 11 heteroatoms. The van der Waals surface area contributed by atoms with Gasteiger partial charge in [-0.05, 0) is 55.7 Å². The first-order chi connectivity index (χ1) is 24.9. The highest BCUT2D eigenvalue weighted by molar-refractivity contribution is 6.43. The number of carbonyl (C=O) groups is 2. The first-order valence-electron chi connectivity index (χ1n) is 18.6. The molecule has 4 aliphatic heterocycles. The standard InChI is InChI=1S/C41H53NO10/c1-7-33-24(2)18-19-40(52-33)22-31-21-30(51-40)17-16-26(4)36(50-39(45)34(42-47-6)28-13-9-8-10-14-28)25(3)12-11-15-29-23-48-37-35(43)27(5)20-32(38(44)49-31)41(29,37)46/h8-16,20,24-25,30-33,35-37,43,46H,7,17-19,21-23H2,1-6H3/b12-11?,26-16?,29-15?,42-34+/t24-,25-,30+,31-,32-,33+,35+,36+,37+,40+,41+/m0/s1. The van der Waals surface area contributed by atoms with Gasteiger partial charge in [-0.3, -0.25) is 4.79 Å². The molecule has 11 atom stereocenters. The predicted molar refractivity (Wildman–Crippen MR) is 193 cm³/mol. The van der Waals surface area contributed by atoms with Gasteiger partial charge in [-0.2, -0.15) is 0 Å². The summed E-state index contributed by atoms with van der Waals surface area (Å²) in [5.74, 6) is -3.24. The Morgan fingerprint density at radius 3 is 2.60 bits per heavy atom. The zero-order chi connectivity index (χ0) is 37.2. The van der Waals surface area contributed by atoms with E-state index in [1.54, 1.807) is 37.3 Å². The molecule has 0 radical (unpaired) electrons. The quantitative estimate of drug-likeness (QED) is 0.174. The number of aliphatic hydroxyl groups is 2. The van der Waals surface area contributed by atoms with Crippen molar-refractivity contribution in [3.05, 3.63) is 83.0 Å². The summed E-state index contributed by atoms with van der Waals surface area (Å²) in [5, 5.41) is 27.4. The smallest absolute Gasteiger partial charge is 0.361 e. The van der Waals surface area contributed by atoms with Gasteiger partial charge in [0, 0.05) is 30.7 Å². The van der Waals surface area contributed by atoms with E-state index in [1.807, 2.05) is 44.2 Å². The van der Waals surface area contributed by atoms with Crippen molar-refractivity contribution in [2.45, 2.75) is 121 Å².